The lowest BCUT2D eigenvalue weighted by molar-refractivity contribution is -0.384. The number of hydrogen-bond donors (Lipinski definition) is 0. The number of carbonyl (C=O) groups is 4. The molecule has 13 heteroatoms. The van der Waals surface area contributed by atoms with Gasteiger partial charge < -0.3 is 28.4 Å². The quantitative estimate of drug-likeness (QED) is 0.0117. The van der Waals surface area contributed by atoms with E-state index >= 15 is 0 Å². The van der Waals surface area contributed by atoms with Crippen LogP contribution in [0.15, 0.2) is 36.6 Å². The zero-order valence-electron chi connectivity index (χ0n) is 38.1. The molecule has 0 aliphatic carbocycles. The van der Waals surface area contributed by atoms with Gasteiger partial charge in [-0.15, -0.1) is 0 Å². The van der Waals surface area contributed by atoms with E-state index in [1.807, 2.05) is 0 Å². The number of esters is 3. The van der Waals surface area contributed by atoms with Crippen LogP contribution in [0.1, 0.15) is 195 Å². The van der Waals surface area contributed by atoms with Crippen LogP contribution < -0.4 is 4.74 Å². The summed E-state index contributed by atoms with van der Waals surface area (Å²) in [5.74, 6) is -1.20. The molecule has 0 aliphatic heterocycles. The fraction of sp³-hybridized carbons (Fsp3) is 0.750. The molecule has 0 saturated heterocycles. The van der Waals surface area contributed by atoms with Gasteiger partial charge in [-0.1, -0.05) is 111 Å². The van der Waals surface area contributed by atoms with Crippen LogP contribution in [0.5, 0.6) is 5.75 Å². The van der Waals surface area contributed by atoms with Gasteiger partial charge in [-0.2, -0.15) is 0 Å². The van der Waals surface area contributed by atoms with E-state index < -0.39 is 23.0 Å². The van der Waals surface area contributed by atoms with Crippen LogP contribution in [0.2, 0.25) is 0 Å². The Labute approximate surface area is 366 Å². The summed E-state index contributed by atoms with van der Waals surface area (Å²) >= 11 is 0. The topological polar surface area (TPSA) is 167 Å². The number of carbonyl (C=O) groups excluding carboxylic acids is 4. The maximum absolute atomic E-state index is 12.8. The van der Waals surface area contributed by atoms with Crippen molar-refractivity contribution >= 4 is 29.8 Å². The third-order valence-electron chi connectivity index (χ3n) is 10.4. The largest absolute Gasteiger partial charge is 0.513 e. The molecular formula is C48H79NO12. The summed E-state index contributed by atoms with van der Waals surface area (Å²) in [6, 6.07) is 4.96. The number of rotatable bonds is 39. The molecule has 1 aromatic rings. The van der Waals surface area contributed by atoms with E-state index in [2.05, 4.69) is 34.3 Å². The van der Waals surface area contributed by atoms with Gasteiger partial charge in [0, 0.05) is 37.8 Å². The normalized spacial score (nSPS) is 11.6. The second-order valence-corrected chi connectivity index (χ2v) is 16.1. The lowest BCUT2D eigenvalue weighted by Crippen LogP contribution is -2.26. The van der Waals surface area contributed by atoms with Crippen LogP contribution in [-0.4, -0.2) is 61.0 Å². The molecule has 0 radical (unpaired) electrons. The van der Waals surface area contributed by atoms with E-state index in [4.69, 9.17) is 28.4 Å². The number of nitrogens with zero attached hydrogens (tertiary/aromatic N) is 1. The molecule has 1 rings (SSSR count). The van der Waals surface area contributed by atoms with E-state index in [0.717, 1.165) is 116 Å². The molecule has 1 atom stereocenters. The van der Waals surface area contributed by atoms with Crippen LogP contribution in [-0.2, 0) is 38.1 Å². The van der Waals surface area contributed by atoms with Crippen LogP contribution in [0.25, 0.3) is 0 Å². The second kappa shape index (κ2) is 36.5. The Kier molecular flexibility index (Phi) is 32.8. The molecule has 0 bridgehead atoms. The molecule has 0 fully saturated rings. The van der Waals surface area contributed by atoms with Crippen molar-refractivity contribution in [2.45, 2.75) is 207 Å². The average molecular weight is 862 g/mol. The molecule has 0 heterocycles. The minimum atomic E-state index is -1.05. The summed E-state index contributed by atoms with van der Waals surface area (Å²) in [6.45, 7) is 12.3. The lowest BCUT2D eigenvalue weighted by Gasteiger charge is -2.19. The molecule has 13 nitrogen and oxygen atoms in total. The van der Waals surface area contributed by atoms with Gasteiger partial charge in [-0.3, -0.25) is 24.5 Å². The predicted octanol–water partition coefficient (Wildman–Crippen LogP) is 12.8. The first-order chi connectivity index (χ1) is 29.5. The van der Waals surface area contributed by atoms with E-state index in [1.54, 1.807) is 0 Å². The molecule has 1 unspecified atom stereocenters. The highest BCUT2D eigenvalue weighted by Crippen LogP contribution is 2.21. The fourth-order valence-corrected chi connectivity index (χ4v) is 6.70. The Morgan fingerprint density at radius 1 is 0.541 bits per heavy atom. The number of allylic oxidation sites excluding steroid dienone is 1. The van der Waals surface area contributed by atoms with E-state index in [9.17, 15) is 29.3 Å². The maximum Gasteiger partial charge on any atom is 0.513 e. The van der Waals surface area contributed by atoms with Gasteiger partial charge in [0.2, 0.25) is 0 Å². The molecule has 0 amide bonds. The van der Waals surface area contributed by atoms with Gasteiger partial charge in [-0.05, 0) is 76.3 Å². The van der Waals surface area contributed by atoms with Crippen LogP contribution in [0.4, 0.5) is 10.5 Å². The summed E-state index contributed by atoms with van der Waals surface area (Å²) < 4.78 is 33.5. The van der Waals surface area contributed by atoms with Crippen molar-refractivity contribution in [2.24, 2.45) is 5.92 Å². The van der Waals surface area contributed by atoms with Crippen molar-refractivity contribution in [3.05, 3.63) is 46.7 Å². The van der Waals surface area contributed by atoms with E-state index in [1.165, 1.54) is 37.1 Å². The van der Waals surface area contributed by atoms with Crippen LogP contribution in [0.3, 0.4) is 0 Å². The third kappa shape index (κ3) is 30.5. The Bertz CT molecular complexity index is 1260. The lowest BCUT2D eigenvalue weighted by atomic mass is 10.0. The molecule has 0 saturated carbocycles. The first kappa shape index (κ1) is 54.9. The number of benzene rings is 1. The fourth-order valence-electron chi connectivity index (χ4n) is 6.70. The van der Waals surface area contributed by atoms with Crippen molar-refractivity contribution < 1.29 is 52.5 Å². The van der Waals surface area contributed by atoms with Crippen LogP contribution >= 0.6 is 0 Å². The minimum Gasteiger partial charge on any atom is -0.498 e. The highest BCUT2D eigenvalue weighted by atomic mass is 16.7. The van der Waals surface area contributed by atoms with Crippen molar-refractivity contribution in [1.29, 1.82) is 0 Å². The number of unbranched alkanes of at least 4 members (excludes halogenated alkanes) is 12. The Morgan fingerprint density at radius 3 is 1.39 bits per heavy atom. The Hall–Kier alpha value is -4.16. The number of ether oxygens (including phenoxy) is 6. The van der Waals surface area contributed by atoms with Crippen molar-refractivity contribution in [3.8, 4) is 5.75 Å². The Balaban J connectivity index is 2.69. The standard InChI is InChI=1S/C48H79NO12/c1-6-10-14-18-25-42(26-19-15-11-7-2)59-46(51)30-22-24-39(5)56-36-40(38-58-48(53)61-44-34-32-41(33-35-44)49(54)55)37-57-45(50)29-23-31-47(52)60-43(27-20-16-12-8-3)28-21-17-13-9-4/h32-35,40,42-43H,5-31,36-38H2,1-4H3. The Morgan fingerprint density at radius 2 is 0.951 bits per heavy atom. The molecule has 61 heavy (non-hydrogen) atoms. The van der Waals surface area contributed by atoms with Crippen molar-refractivity contribution in [2.75, 3.05) is 19.8 Å². The van der Waals surface area contributed by atoms with Gasteiger partial charge >= 0.3 is 24.1 Å². The summed E-state index contributed by atoms with van der Waals surface area (Å²) in [4.78, 5) is 61.1. The molecule has 0 N–H and O–H groups in total. The minimum absolute atomic E-state index is 0.00450. The predicted molar refractivity (Wildman–Crippen MR) is 237 cm³/mol. The van der Waals surface area contributed by atoms with Gasteiger partial charge in [0.25, 0.3) is 5.69 Å². The van der Waals surface area contributed by atoms with Crippen LogP contribution in [0, 0.1) is 16.0 Å². The second-order valence-electron chi connectivity index (χ2n) is 16.1. The van der Waals surface area contributed by atoms with Gasteiger partial charge in [0.15, 0.2) is 0 Å². The smallest absolute Gasteiger partial charge is 0.498 e. The molecule has 0 spiro atoms. The monoisotopic (exact) mass is 862 g/mol. The summed E-state index contributed by atoms with van der Waals surface area (Å²) in [6.07, 6.45) is 21.7. The molecular weight excluding hydrogens is 783 g/mol. The highest BCUT2D eigenvalue weighted by molar-refractivity contribution is 5.72. The first-order valence-corrected chi connectivity index (χ1v) is 23.4. The van der Waals surface area contributed by atoms with Gasteiger partial charge in [0.05, 0.1) is 23.2 Å². The molecule has 0 aliphatic rings. The van der Waals surface area contributed by atoms with E-state index in [-0.39, 0.29) is 81.1 Å². The zero-order valence-corrected chi connectivity index (χ0v) is 38.1. The van der Waals surface area contributed by atoms with E-state index in [0.29, 0.717) is 18.6 Å². The van der Waals surface area contributed by atoms with Gasteiger partial charge in [-0.25, -0.2) is 4.79 Å². The first-order valence-electron chi connectivity index (χ1n) is 23.4. The molecule has 0 aromatic heterocycles. The number of non-ortho nitro benzene ring substituents is 1. The van der Waals surface area contributed by atoms with Crippen molar-refractivity contribution in [3.63, 3.8) is 0 Å². The van der Waals surface area contributed by atoms with Crippen molar-refractivity contribution in [1.82, 2.24) is 0 Å². The zero-order chi connectivity index (χ0) is 44.9. The average Bonchev–Trinajstić information content (AvgIpc) is 3.23. The number of nitro groups is 1. The number of nitro benzene ring substituents is 1. The molecule has 1 aromatic carbocycles. The maximum atomic E-state index is 12.8. The SMILES string of the molecule is C=C(CCCC(=O)OC(CCCCCC)CCCCCC)OCC(COC(=O)CCCC(=O)OC(CCCCCC)CCCCCC)COC(=O)Oc1ccc([N+](=O)[O-])cc1. The highest BCUT2D eigenvalue weighted by Gasteiger charge is 2.20. The summed E-state index contributed by atoms with van der Waals surface area (Å²) in [5.41, 5.74) is -0.159. The summed E-state index contributed by atoms with van der Waals surface area (Å²) in [7, 11) is 0. The summed E-state index contributed by atoms with van der Waals surface area (Å²) in [5, 5.41) is 11.0. The van der Waals surface area contributed by atoms with Gasteiger partial charge in [0.1, 0.15) is 31.2 Å². The third-order valence-corrected chi connectivity index (χ3v) is 10.4. The number of hydrogen-bond acceptors (Lipinski definition) is 12. The molecule has 348 valence electrons.